The lowest BCUT2D eigenvalue weighted by Gasteiger charge is -2.24. The lowest BCUT2D eigenvalue weighted by atomic mass is 9.96. The molecule has 4 heteroatoms. The molecule has 1 amide bonds. The van der Waals surface area contributed by atoms with E-state index in [4.69, 9.17) is 5.11 Å². The number of likely N-dealkylation sites (N-methyl/N-ethyl adjacent to an activating group) is 1. The molecule has 2 N–H and O–H groups in total. The second kappa shape index (κ2) is 5.32. The number of nitrogens with zero attached hydrogens (tertiary/aromatic N) is 1. The van der Waals surface area contributed by atoms with Gasteiger partial charge in [0.2, 0.25) is 5.91 Å². The van der Waals surface area contributed by atoms with Crippen molar-refractivity contribution in [3.8, 4) is 0 Å². The minimum atomic E-state index is 0.0497. The van der Waals surface area contributed by atoms with Gasteiger partial charge in [-0.3, -0.25) is 4.79 Å². The van der Waals surface area contributed by atoms with Crippen LogP contribution in [0.2, 0.25) is 0 Å². The fraction of sp³-hybridized carbons (Fsp3) is 0.900. The van der Waals surface area contributed by atoms with Gasteiger partial charge in [-0.05, 0) is 19.4 Å². The Morgan fingerprint density at radius 2 is 2.29 bits per heavy atom. The Kier molecular flexibility index (Phi) is 4.35. The maximum absolute atomic E-state index is 12.0. The third kappa shape index (κ3) is 2.45. The maximum Gasteiger partial charge on any atom is 0.227 e. The van der Waals surface area contributed by atoms with E-state index in [1.54, 1.807) is 4.90 Å². The standard InChI is InChI=1S/C10H20N2O2/c1-3-12(4-5-13)10(14)9-7-11-6-8(9)2/h8-9,11,13H,3-7H2,1-2H3. The van der Waals surface area contributed by atoms with E-state index in [0.717, 1.165) is 13.1 Å². The topological polar surface area (TPSA) is 52.6 Å². The van der Waals surface area contributed by atoms with Gasteiger partial charge in [-0.25, -0.2) is 0 Å². The van der Waals surface area contributed by atoms with Crippen LogP contribution < -0.4 is 5.32 Å². The molecule has 4 nitrogen and oxygen atoms in total. The summed E-state index contributed by atoms with van der Waals surface area (Å²) in [5, 5.41) is 12.0. The van der Waals surface area contributed by atoms with Gasteiger partial charge in [0, 0.05) is 19.6 Å². The summed E-state index contributed by atoms with van der Waals surface area (Å²) in [6.45, 7) is 6.93. The van der Waals surface area contributed by atoms with E-state index in [1.165, 1.54) is 0 Å². The third-order valence-electron chi connectivity index (χ3n) is 2.90. The van der Waals surface area contributed by atoms with E-state index >= 15 is 0 Å². The molecule has 1 fully saturated rings. The van der Waals surface area contributed by atoms with Crippen LogP contribution >= 0.6 is 0 Å². The van der Waals surface area contributed by atoms with Crippen molar-refractivity contribution in [2.45, 2.75) is 13.8 Å². The predicted octanol–water partition coefficient (Wildman–Crippen LogP) is -0.317. The zero-order valence-electron chi connectivity index (χ0n) is 8.99. The van der Waals surface area contributed by atoms with Crippen LogP contribution in [-0.4, -0.2) is 48.7 Å². The summed E-state index contributed by atoms with van der Waals surface area (Å²) in [4.78, 5) is 13.7. The van der Waals surface area contributed by atoms with Crippen molar-refractivity contribution in [1.82, 2.24) is 10.2 Å². The molecule has 0 bridgehead atoms. The van der Waals surface area contributed by atoms with Crippen molar-refractivity contribution in [2.24, 2.45) is 11.8 Å². The second-order valence-corrected chi connectivity index (χ2v) is 3.88. The first-order chi connectivity index (χ1) is 6.70. The number of hydrogen-bond donors (Lipinski definition) is 2. The Bertz CT molecular complexity index is 197. The van der Waals surface area contributed by atoms with Gasteiger partial charge in [-0.2, -0.15) is 0 Å². The first kappa shape index (κ1) is 11.5. The van der Waals surface area contributed by atoms with E-state index < -0.39 is 0 Å². The number of amides is 1. The van der Waals surface area contributed by atoms with E-state index in [9.17, 15) is 4.79 Å². The summed E-state index contributed by atoms with van der Waals surface area (Å²) in [6, 6.07) is 0. The SMILES string of the molecule is CCN(CCO)C(=O)C1CNCC1C. The Balaban J connectivity index is 2.52. The quantitative estimate of drug-likeness (QED) is 0.654. The Labute approximate surface area is 85.3 Å². The van der Waals surface area contributed by atoms with Crippen LogP contribution in [-0.2, 0) is 4.79 Å². The largest absolute Gasteiger partial charge is 0.395 e. The highest BCUT2D eigenvalue weighted by Gasteiger charge is 2.31. The van der Waals surface area contributed by atoms with Crippen LogP contribution in [0.5, 0.6) is 0 Å². The van der Waals surface area contributed by atoms with Crippen LogP contribution in [0.3, 0.4) is 0 Å². The Hall–Kier alpha value is -0.610. The normalized spacial score (nSPS) is 26.5. The van der Waals surface area contributed by atoms with Gasteiger partial charge in [-0.1, -0.05) is 6.92 Å². The van der Waals surface area contributed by atoms with Crippen molar-refractivity contribution >= 4 is 5.91 Å². The molecule has 0 saturated carbocycles. The average molecular weight is 200 g/mol. The summed E-state index contributed by atoms with van der Waals surface area (Å²) < 4.78 is 0. The zero-order valence-corrected chi connectivity index (χ0v) is 8.99. The number of nitrogens with one attached hydrogen (secondary N) is 1. The van der Waals surface area contributed by atoms with Crippen molar-refractivity contribution in [2.75, 3.05) is 32.8 Å². The van der Waals surface area contributed by atoms with Gasteiger partial charge in [0.25, 0.3) is 0 Å². The number of aliphatic hydroxyl groups excluding tert-OH is 1. The first-order valence-electron chi connectivity index (χ1n) is 5.31. The second-order valence-electron chi connectivity index (χ2n) is 3.88. The van der Waals surface area contributed by atoms with E-state index in [1.807, 2.05) is 6.92 Å². The van der Waals surface area contributed by atoms with Crippen LogP contribution in [0.25, 0.3) is 0 Å². The van der Waals surface area contributed by atoms with Crippen LogP contribution in [0.4, 0.5) is 0 Å². The Morgan fingerprint density at radius 3 is 2.71 bits per heavy atom. The summed E-state index contributed by atoms with van der Waals surface area (Å²) in [7, 11) is 0. The Morgan fingerprint density at radius 1 is 1.57 bits per heavy atom. The number of carbonyl (C=O) groups excluding carboxylic acids is 1. The van der Waals surface area contributed by atoms with E-state index in [-0.39, 0.29) is 18.4 Å². The molecule has 1 heterocycles. The van der Waals surface area contributed by atoms with Crippen molar-refractivity contribution in [3.05, 3.63) is 0 Å². The van der Waals surface area contributed by atoms with Crippen LogP contribution in [0.15, 0.2) is 0 Å². The van der Waals surface area contributed by atoms with Gasteiger partial charge in [0.05, 0.1) is 12.5 Å². The molecule has 2 unspecified atom stereocenters. The fourth-order valence-corrected chi connectivity index (χ4v) is 1.92. The van der Waals surface area contributed by atoms with Crippen molar-refractivity contribution in [3.63, 3.8) is 0 Å². The number of aliphatic hydroxyl groups is 1. The molecule has 1 rings (SSSR count). The predicted molar refractivity (Wildman–Crippen MR) is 54.9 cm³/mol. The molecule has 0 radical (unpaired) electrons. The van der Waals surface area contributed by atoms with Crippen molar-refractivity contribution in [1.29, 1.82) is 0 Å². The molecule has 1 saturated heterocycles. The molecule has 0 spiro atoms. The molecule has 1 aliphatic rings. The smallest absolute Gasteiger partial charge is 0.227 e. The molecule has 1 aliphatic heterocycles. The number of rotatable bonds is 4. The molecule has 0 aliphatic carbocycles. The van der Waals surface area contributed by atoms with Crippen LogP contribution in [0.1, 0.15) is 13.8 Å². The average Bonchev–Trinajstić information content (AvgIpc) is 2.59. The summed E-state index contributed by atoms with van der Waals surface area (Å²) in [6.07, 6.45) is 0. The molecule has 2 atom stereocenters. The molecular weight excluding hydrogens is 180 g/mol. The van der Waals surface area contributed by atoms with E-state index in [0.29, 0.717) is 19.0 Å². The highest BCUT2D eigenvalue weighted by Crippen LogP contribution is 2.18. The van der Waals surface area contributed by atoms with Gasteiger partial charge in [0.1, 0.15) is 0 Å². The summed E-state index contributed by atoms with van der Waals surface area (Å²) >= 11 is 0. The van der Waals surface area contributed by atoms with Gasteiger partial charge >= 0.3 is 0 Å². The molecule has 0 aromatic rings. The fourth-order valence-electron chi connectivity index (χ4n) is 1.92. The number of carbonyl (C=O) groups is 1. The summed E-state index contributed by atoms with van der Waals surface area (Å²) in [5.41, 5.74) is 0. The molecule has 0 aromatic heterocycles. The minimum absolute atomic E-state index is 0.0497. The molecular formula is C10H20N2O2. The molecule has 14 heavy (non-hydrogen) atoms. The van der Waals surface area contributed by atoms with Gasteiger partial charge < -0.3 is 15.3 Å². The minimum Gasteiger partial charge on any atom is -0.395 e. The zero-order chi connectivity index (χ0) is 10.6. The van der Waals surface area contributed by atoms with Crippen molar-refractivity contribution < 1.29 is 9.90 Å². The summed E-state index contributed by atoms with van der Waals surface area (Å²) in [5.74, 6) is 0.691. The molecule has 0 aromatic carbocycles. The lowest BCUT2D eigenvalue weighted by molar-refractivity contribution is -0.136. The first-order valence-corrected chi connectivity index (χ1v) is 5.31. The third-order valence-corrected chi connectivity index (χ3v) is 2.90. The highest BCUT2D eigenvalue weighted by molar-refractivity contribution is 5.79. The lowest BCUT2D eigenvalue weighted by Crippen LogP contribution is -2.40. The number of hydrogen-bond acceptors (Lipinski definition) is 3. The molecule has 82 valence electrons. The highest BCUT2D eigenvalue weighted by atomic mass is 16.3. The van der Waals surface area contributed by atoms with Gasteiger partial charge in [-0.15, -0.1) is 0 Å². The maximum atomic E-state index is 12.0. The van der Waals surface area contributed by atoms with E-state index in [2.05, 4.69) is 12.2 Å². The monoisotopic (exact) mass is 200 g/mol. The van der Waals surface area contributed by atoms with Crippen LogP contribution in [0, 0.1) is 11.8 Å². The van der Waals surface area contributed by atoms with Gasteiger partial charge in [0.15, 0.2) is 0 Å².